The maximum atomic E-state index is 5.81. The van der Waals surface area contributed by atoms with Crippen LogP contribution in [0.3, 0.4) is 0 Å². The van der Waals surface area contributed by atoms with Crippen LogP contribution in [0.5, 0.6) is 0 Å². The van der Waals surface area contributed by atoms with E-state index in [2.05, 4.69) is 52.4 Å². The molecule has 2 aliphatic rings. The van der Waals surface area contributed by atoms with E-state index < -0.39 is 0 Å². The van der Waals surface area contributed by atoms with Crippen molar-refractivity contribution in [1.82, 2.24) is 9.88 Å². The zero-order chi connectivity index (χ0) is 14.9. The number of nitrogens with zero attached hydrogens (tertiary/aromatic N) is 2. The van der Waals surface area contributed by atoms with Crippen molar-refractivity contribution in [2.24, 2.45) is 0 Å². The average molecular weight is 291 g/mol. The van der Waals surface area contributed by atoms with E-state index in [-0.39, 0.29) is 0 Å². The Labute approximate surface area is 131 Å². The quantitative estimate of drug-likeness (QED) is 0.941. The number of nitrogens with two attached hydrogens (primary N) is 1. The van der Waals surface area contributed by atoms with Crippen LogP contribution in [0.25, 0.3) is 5.57 Å². The number of hydrogen-bond acceptors (Lipinski definition) is 3. The van der Waals surface area contributed by atoms with Crippen LogP contribution in [-0.4, -0.2) is 22.0 Å². The van der Waals surface area contributed by atoms with E-state index in [9.17, 15) is 0 Å². The van der Waals surface area contributed by atoms with Crippen LogP contribution >= 0.6 is 0 Å². The van der Waals surface area contributed by atoms with Gasteiger partial charge in [-0.3, -0.25) is 4.90 Å². The largest absolute Gasteiger partial charge is 0.384 e. The molecule has 0 aliphatic carbocycles. The monoisotopic (exact) mass is 291 g/mol. The Morgan fingerprint density at radius 3 is 2.77 bits per heavy atom. The highest BCUT2D eigenvalue weighted by Gasteiger charge is 2.36. The summed E-state index contributed by atoms with van der Waals surface area (Å²) in [5, 5.41) is 0. The van der Waals surface area contributed by atoms with Crippen molar-refractivity contribution in [2.45, 2.75) is 37.9 Å². The van der Waals surface area contributed by atoms with Gasteiger partial charge in [0.05, 0.1) is 0 Å². The molecule has 3 heteroatoms. The zero-order valence-corrected chi connectivity index (χ0v) is 12.7. The van der Waals surface area contributed by atoms with Gasteiger partial charge in [0.1, 0.15) is 5.82 Å². The fourth-order valence-corrected chi connectivity index (χ4v) is 3.83. The Hall–Kier alpha value is -2.13. The van der Waals surface area contributed by atoms with Gasteiger partial charge in [-0.15, -0.1) is 0 Å². The minimum absolute atomic E-state index is 0.559. The van der Waals surface area contributed by atoms with Crippen molar-refractivity contribution < 1.29 is 0 Å². The molecule has 22 heavy (non-hydrogen) atoms. The van der Waals surface area contributed by atoms with Crippen molar-refractivity contribution in [3.8, 4) is 0 Å². The summed E-state index contributed by atoms with van der Waals surface area (Å²) in [6.45, 7) is 0.973. The molecule has 4 rings (SSSR count). The second-order valence-electron chi connectivity index (χ2n) is 6.32. The number of hydrogen-bond donors (Lipinski definition) is 1. The van der Waals surface area contributed by atoms with Gasteiger partial charge < -0.3 is 5.73 Å². The van der Waals surface area contributed by atoms with Gasteiger partial charge in [0.15, 0.2) is 0 Å². The van der Waals surface area contributed by atoms with Crippen molar-refractivity contribution >= 4 is 11.4 Å². The Kier molecular flexibility index (Phi) is 3.43. The minimum atomic E-state index is 0.559. The Balaban J connectivity index is 1.56. The molecule has 0 saturated carbocycles. The van der Waals surface area contributed by atoms with Crippen LogP contribution in [0, 0.1) is 0 Å². The van der Waals surface area contributed by atoms with Crippen molar-refractivity contribution in [2.75, 3.05) is 5.73 Å². The van der Waals surface area contributed by atoms with E-state index >= 15 is 0 Å². The topological polar surface area (TPSA) is 42.1 Å². The molecule has 1 aromatic heterocycles. The third-order valence-electron chi connectivity index (χ3n) is 4.89. The molecule has 1 fully saturated rings. The second kappa shape index (κ2) is 5.58. The molecule has 2 aliphatic heterocycles. The molecule has 0 spiro atoms. The van der Waals surface area contributed by atoms with Crippen molar-refractivity contribution in [3.63, 3.8) is 0 Å². The highest BCUT2D eigenvalue weighted by molar-refractivity contribution is 5.68. The summed E-state index contributed by atoms with van der Waals surface area (Å²) in [5.41, 5.74) is 9.96. The van der Waals surface area contributed by atoms with Gasteiger partial charge in [-0.1, -0.05) is 36.4 Å². The molecule has 2 aromatic rings. The van der Waals surface area contributed by atoms with Crippen LogP contribution in [0.2, 0.25) is 0 Å². The summed E-state index contributed by atoms with van der Waals surface area (Å²) in [6.07, 6.45) is 7.99. The maximum absolute atomic E-state index is 5.81. The lowest BCUT2D eigenvalue weighted by atomic mass is 9.94. The summed E-state index contributed by atoms with van der Waals surface area (Å²) < 4.78 is 0. The SMILES string of the molecule is Nc1cc(CN2[C@@H]3CC[C@@H]2C=C(c2ccccc2)C3)ccn1. The van der Waals surface area contributed by atoms with Crippen LogP contribution in [0.15, 0.2) is 54.7 Å². The molecule has 3 nitrogen and oxygen atoms in total. The average Bonchev–Trinajstić information content (AvgIpc) is 2.78. The molecular formula is C19H21N3. The first-order chi connectivity index (χ1) is 10.8. The van der Waals surface area contributed by atoms with Crippen molar-refractivity contribution in [1.29, 1.82) is 0 Å². The lowest BCUT2D eigenvalue weighted by Crippen LogP contribution is -2.37. The Bertz CT molecular complexity index is 693. The molecule has 0 unspecified atom stereocenters. The van der Waals surface area contributed by atoms with Gasteiger partial charge in [-0.2, -0.15) is 0 Å². The smallest absolute Gasteiger partial charge is 0.123 e. The number of fused-ring (bicyclic) bond motifs is 2. The highest BCUT2D eigenvalue weighted by atomic mass is 15.2. The molecule has 1 aromatic carbocycles. The number of nitrogen functional groups attached to an aromatic ring is 1. The second-order valence-corrected chi connectivity index (χ2v) is 6.32. The highest BCUT2D eigenvalue weighted by Crippen LogP contribution is 2.39. The zero-order valence-electron chi connectivity index (χ0n) is 12.7. The van der Waals surface area contributed by atoms with Gasteiger partial charge in [0, 0.05) is 24.8 Å². The number of anilines is 1. The molecule has 0 radical (unpaired) electrons. The normalized spacial score (nSPS) is 24.3. The number of aromatic nitrogens is 1. The molecule has 2 atom stereocenters. The van der Waals surface area contributed by atoms with Crippen LogP contribution in [0.4, 0.5) is 5.82 Å². The van der Waals surface area contributed by atoms with Crippen molar-refractivity contribution in [3.05, 3.63) is 65.9 Å². The molecule has 1 saturated heterocycles. The molecule has 2 N–H and O–H groups in total. The van der Waals surface area contributed by atoms with Gasteiger partial charge in [0.25, 0.3) is 0 Å². The summed E-state index contributed by atoms with van der Waals surface area (Å²) in [5.74, 6) is 0.613. The van der Waals surface area contributed by atoms with Crippen LogP contribution < -0.4 is 5.73 Å². The van der Waals surface area contributed by atoms with Crippen LogP contribution in [-0.2, 0) is 6.54 Å². The molecule has 2 bridgehead atoms. The predicted molar refractivity (Wildman–Crippen MR) is 90.0 cm³/mol. The number of benzene rings is 1. The summed E-state index contributed by atoms with van der Waals surface area (Å²) in [6, 6.07) is 16.1. The predicted octanol–water partition coefficient (Wildman–Crippen LogP) is 3.48. The van der Waals surface area contributed by atoms with Gasteiger partial charge in [-0.05, 0) is 48.1 Å². The van der Waals surface area contributed by atoms with E-state index in [4.69, 9.17) is 5.73 Å². The van der Waals surface area contributed by atoms with Gasteiger partial charge in [-0.25, -0.2) is 4.98 Å². The summed E-state index contributed by atoms with van der Waals surface area (Å²) >= 11 is 0. The van der Waals surface area contributed by atoms with E-state index in [1.807, 2.05) is 12.3 Å². The fraction of sp³-hybridized carbons (Fsp3) is 0.316. The summed E-state index contributed by atoms with van der Waals surface area (Å²) in [7, 11) is 0. The first kappa shape index (κ1) is 13.5. The Morgan fingerprint density at radius 1 is 1.14 bits per heavy atom. The van der Waals surface area contributed by atoms with E-state index in [1.165, 1.54) is 29.5 Å². The van der Waals surface area contributed by atoms with Gasteiger partial charge >= 0.3 is 0 Å². The first-order valence-electron chi connectivity index (χ1n) is 8.02. The molecular weight excluding hydrogens is 270 g/mol. The lowest BCUT2D eigenvalue weighted by Gasteiger charge is -2.34. The number of rotatable bonds is 3. The van der Waals surface area contributed by atoms with E-state index in [0.717, 1.165) is 13.0 Å². The fourth-order valence-electron chi connectivity index (χ4n) is 3.83. The Morgan fingerprint density at radius 2 is 2.00 bits per heavy atom. The number of pyridine rings is 1. The van der Waals surface area contributed by atoms with E-state index in [0.29, 0.717) is 17.9 Å². The van der Waals surface area contributed by atoms with Crippen LogP contribution in [0.1, 0.15) is 30.4 Å². The summed E-state index contributed by atoms with van der Waals surface area (Å²) in [4.78, 5) is 6.71. The van der Waals surface area contributed by atoms with E-state index in [1.54, 1.807) is 0 Å². The molecule has 0 amide bonds. The molecule has 112 valence electrons. The first-order valence-corrected chi connectivity index (χ1v) is 8.02. The third-order valence-corrected chi connectivity index (χ3v) is 4.89. The third kappa shape index (κ3) is 2.53. The molecule has 3 heterocycles. The lowest BCUT2D eigenvalue weighted by molar-refractivity contribution is 0.203. The standard InChI is InChI=1S/C19H21N3/c20-19-10-14(8-9-21-19)13-22-17-6-7-18(22)12-16(11-17)15-4-2-1-3-5-15/h1-5,8-11,17-18H,6-7,12-13H2,(H2,20,21)/t17-,18-/m1/s1. The minimum Gasteiger partial charge on any atom is -0.384 e. The maximum Gasteiger partial charge on any atom is 0.123 e. The van der Waals surface area contributed by atoms with Gasteiger partial charge in [0.2, 0.25) is 0 Å².